The standard InChI is InChI=1S/C20H25N5O5/c1-21-15(26)13-6-4-7-14(12-13)23-17(28)16(27)22-10-5-11-25-18(29)20(24-19(25)30)8-2-3-9-20/h4,6-7,12H,2-3,5,8-11H2,1H3,(H,21,26)(H,22,27)(H,23,28)(H,24,30). The molecule has 2 aliphatic rings. The SMILES string of the molecule is CNC(=O)c1cccc(NC(=O)C(=O)NCCCN2C(=O)NC3(CCCC3)C2=O)c1. The van der Waals surface area contributed by atoms with E-state index in [2.05, 4.69) is 21.3 Å². The van der Waals surface area contributed by atoms with Crippen LogP contribution in [0.3, 0.4) is 0 Å². The van der Waals surface area contributed by atoms with Crippen LogP contribution in [0.5, 0.6) is 0 Å². The van der Waals surface area contributed by atoms with Crippen molar-refractivity contribution in [1.82, 2.24) is 20.9 Å². The number of benzene rings is 1. The van der Waals surface area contributed by atoms with Gasteiger partial charge in [0.2, 0.25) is 0 Å². The lowest BCUT2D eigenvalue weighted by atomic mass is 9.98. The van der Waals surface area contributed by atoms with E-state index in [0.29, 0.717) is 30.5 Å². The van der Waals surface area contributed by atoms with Gasteiger partial charge < -0.3 is 21.3 Å². The average molecular weight is 415 g/mol. The molecule has 1 aliphatic heterocycles. The van der Waals surface area contributed by atoms with Gasteiger partial charge in [-0.1, -0.05) is 18.9 Å². The first-order valence-corrected chi connectivity index (χ1v) is 9.92. The monoisotopic (exact) mass is 415 g/mol. The van der Waals surface area contributed by atoms with E-state index in [0.717, 1.165) is 12.8 Å². The highest BCUT2D eigenvalue weighted by Gasteiger charge is 2.51. The van der Waals surface area contributed by atoms with Gasteiger partial charge in [0.15, 0.2) is 0 Å². The van der Waals surface area contributed by atoms with Crippen LogP contribution in [0.2, 0.25) is 0 Å². The van der Waals surface area contributed by atoms with E-state index < -0.39 is 23.4 Å². The summed E-state index contributed by atoms with van der Waals surface area (Å²) in [6, 6.07) is 5.80. The molecule has 0 radical (unpaired) electrons. The zero-order chi connectivity index (χ0) is 21.7. The van der Waals surface area contributed by atoms with Gasteiger partial charge in [0.1, 0.15) is 5.54 Å². The van der Waals surface area contributed by atoms with E-state index in [1.165, 1.54) is 18.0 Å². The molecule has 6 amide bonds. The minimum atomic E-state index is -0.871. The van der Waals surface area contributed by atoms with Crippen LogP contribution in [0.1, 0.15) is 42.5 Å². The Morgan fingerprint density at radius 3 is 2.57 bits per heavy atom. The molecule has 1 aromatic carbocycles. The summed E-state index contributed by atoms with van der Waals surface area (Å²) < 4.78 is 0. The molecule has 0 atom stereocenters. The quantitative estimate of drug-likeness (QED) is 0.302. The van der Waals surface area contributed by atoms with E-state index >= 15 is 0 Å². The Hall–Kier alpha value is -3.43. The topological polar surface area (TPSA) is 137 Å². The van der Waals surface area contributed by atoms with Crippen LogP contribution in [-0.4, -0.2) is 60.2 Å². The van der Waals surface area contributed by atoms with Gasteiger partial charge in [-0.05, 0) is 37.5 Å². The second kappa shape index (κ2) is 8.93. The van der Waals surface area contributed by atoms with Gasteiger partial charge in [-0.15, -0.1) is 0 Å². The first-order valence-electron chi connectivity index (χ1n) is 9.92. The fourth-order valence-electron chi connectivity index (χ4n) is 3.79. The van der Waals surface area contributed by atoms with Crippen LogP contribution in [0.4, 0.5) is 10.5 Å². The molecule has 2 fully saturated rings. The summed E-state index contributed by atoms with van der Waals surface area (Å²) in [6.07, 6.45) is 3.48. The average Bonchev–Trinajstić information content (AvgIpc) is 3.30. The van der Waals surface area contributed by atoms with Gasteiger partial charge in [-0.25, -0.2) is 4.79 Å². The molecule has 0 bridgehead atoms. The van der Waals surface area contributed by atoms with Crippen molar-refractivity contribution in [2.75, 3.05) is 25.5 Å². The molecule has 10 heteroatoms. The van der Waals surface area contributed by atoms with Crippen molar-refractivity contribution in [2.45, 2.75) is 37.6 Å². The lowest BCUT2D eigenvalue weighted by Gasteiger charge is -2.20. The maximum atomic E-state index is 12.5. The molecule has 1 heterocycles. The summed E-state index contributed by atoms with van der Waals surface area (Å²) in [7, 11) is 1.49. The second-order valence-electron chi connectivity index (χ2n) is 7.40. The molecule has 160 valence electrons. The van der Waals surface area contributed by atoms with Gasteiger partial charge in [0.25, 0.3) is 11.8 Å². The largest absolute Gasteiger partial charge is 0.355 e. The molecule has 1 saturated heterocycles. The summed E-state index contributed by atoms with van der Waals surface area (Å²) in [5.74, 6) is -2.23. The predicted octanol–water partition coefficient (Wildman–Crippen LogP) is 0.356. The number of nitrogens with zero attached hydrogens (tertiary/aromatic N) is 1. The Balaban J connectivity index is 1.44. The number of carbonyl (C=O) groups excluding carboxylic acids is 5. The molecular weight excluding hydrogens is 390 g/mol. The summed E-state index contributed by atoms with van der Waals surface area (Å²) >= 11 is 0. The summed E-state index contributed by atoms with van der Waals surface area (Å²) in [5, 5.41) is 10.2. The smallest absolute Gasteiger partial charge is 0.325 e. The molecule has 10 nitrogen and oxygen atoms in total. The molecule has 1 saturated carbocycles. The molecule has 1 aromatic rings. The summed E-state index contributed by atoms with van der Waals surface area (Å²) in [5.41, 5.74) is -0.0783. The number of anilines is 1. The molecule has 1 spiro atoms. The van der Waals surface area contributed by atoms with Crippen LogP contribution in [-0.2, 0) is 14.4 Å². The van der Waals surface area contributed by atoms with Gasteiger partial charge in [0, 0.05) is 31.4 Å². The number of imide groups is 1. The second-order valence-corrected chi connectivity index (χ2v) is 7.40. The van der Waals surface area contributed by atoms with Gasteiger partial charge in [-0.2, -0.15) is 0 Å². The fraction of sp³-hybridized carbons (Fsp3) is 0.450. The lowest BCUT2D eigenvalue weighted by Crippen LogP contribution is -2.44. The van der Waals surface area contributed by atoms with Crippen molar-refractivity contribution in [3.05, 3.63) is 29.8 Å². The molecule has 30 heavy (non-hydrogen) atoms. The Labute approximate surface area is 173 Å². The minimum Gasteiger partial charge on any atom is -0.355 e. The van der Waals surface area contributed by atoms with Crippen LogP contribution in [0.15, 0.2) is 24.3 Å². The molecule has 0 unspecified atom stereocenters. The molecule has 1 aliphatic carbocycles. The Morgan fingerprint density at radius 1 is 1.13 bits per heavy atom. The Kier molecular flexibility index (Phi) is 6.34. The Morgan fingerprint density at radius 2 is 1.87 bits per heavy atom. The maximum Gasteiger partial charge on any atom is 0.325 e. The zero-order valence-electron chi connectivity index (χ0n) is 16.7. The number of nitrogens with one attached hydrogen (secondary N) is 4. The summed E-state index contributed by atoms with van der Waals surface area (Å²) in [4.78, 5) is 61.5. The van der Waals surface area contributed by atoms with Crippen LogP contribution in [0.25, 0.3) is 0 Å². The lowest BCUT2D eigenvalue weighted by molar-refractivity contribution is -0.136. The highest BCUT2D eigenvalue weighted by molar-refractivity contribution is 6.39. The van der Waals surface area contributed by atoms with E-state index in [9.17, 15) is 24.0 Å². The van der Waals surface area contributed by atoms with E-state index in [1.54, 1.807) is 18.2 Å². The maximum absolute atomic E-state index is 12.5. The number of urea groups is 1. The number of carbonyl (C=O) groups is 5. The van der Waals surface area contributed by atoms with Crippen molar-refractivity contribution < 1.29 is 24.0 Å². The fourth-order valence-corrected chi connectivity index (χ4v) is 3.79. The van der Waals surface area contributed by atoms with Crippen molar-refractivity contribution >= 4 is 35.3 Å². The van der Waals surface area contributed by atoms with E-state index in [-0.39, 0.29) is 24.9 Å². The van der Waals surface area contributed by atoms with Crippen LogP contribution >= 0.6 is 0 Å². The van der Waals surface area contributed by atoms with Crippen molar-refractivity contribution in [3.8, 4) is 0 Å². The third-order valence-electron chi connectivity index (χ3n) is 5.36. The van der Waals surface area contributed by atoms with Crippen LogP contribution in [0, 0.1) is 0 Å². The third kappa shape index (κ3) is 4.42. The first kappa shape index (κ1) is 21.3. The number of hydrogen-bond acceptors (Lipinski definition) is 5. The van der Waals surface area contributed by atoms with Crippen molar-refractivity contribution in [3.63, 3.8) is 0 Å². The molecule has 0 aromatic heterocycles. The Bertz CT molecular complexity index is 878. The van der Waals surface area contributed by atoms with E-state index in [4.69, 9.17) is 0 Å². The first-order chi connectivity index (χ1) is 14.4. The third-order valence-corrected chi connectivity index (χ3v) is 5.36. The normalized spacial score (nSPS) is 17.0. The summed E-state index contributed by atoms with van der Waals surface area (Å²) in [6.45, 7) is 0.303. The molecule has 4 N–H and O–H groups in total. The van der Waals surface area contributed by atoms with Crippen molar-refractivity contribution in [1.29, 1.82) is 0 Å². The van der Waals surface area contributed by atoms with Crippen LogP contribution < -0.4 is 21.3 Å². The van der Waals surface area contributed by atoms with Gasteiger partial charge in [-0.3, -0.25) is 24.1 Å². The van der Waals surface area contributed by atoms with Gasteiger partial charge >= 0.3 is 17.8 Å². The highest BCUT2D eigenvalue weighted by Crippen LogP contribution is 2.34. The van der Waals surface area contributed by atoms with Crippen molar-refractivity contribution in [2.24, 2.45) is 0 Å². The number of amides is 6. The van der Waals surface area contributed by atoms with E-state index in [1.807, 2.05) is 0 Å². The minimum absolute atomic E-state index is 0.134. The number of rotatable bonds is 6. The zero-order valence-corrected chi connectivity index (χ0v) is 16.7. The molecular formula is C20H25N5O5. The molecule has 3 rings (SSSR count). The van der Waals surface area contributed by atoms with Gasteiger partial charge in [0.05, 0.1) is 0 Å². The highest BCUT2D eigenvalue weighted by atomic mass is 16.2. The number of hydrogen-bond donors (Lipinski definition) is 4. The predicted molar refractivity (Wildman–Crippen MR) is 108 cm³/mol.